The predicted octanol–water partition coefficient (Wildman–Crippen LogP) is 4.19. The molecule has 0 unspecified atom stereocenters. The molecule has 2 heterocycles. The van der Waals surface area contributed by atoms with Crippen molar-refractivity contribution in [2.45, 2.75) is 6.54 Å². The quantitative estimate of drug-likeness (QED) is 0.487. The summed E-state index contributed by atoms with van der Waals surface area (Å²) in [5, 5.41) is 13.4. The molecule has 0 aliphatic rings. The maximum absolute atomic E-state index is 11.0. The third-order valence-electron chi connectivity index (χ3n) is 4.48. The van der Waals surface area contributed by atoms with Crippen molar-refractivity contribution >= 4 is 28.4 Å². The first-order valence-corrected chi connectivity index (χ1v) is 8.78. The van der Waals surface area contributed by atoms with Crippen molar-refractivity contribution in [3.05, 3.63) is 84.1 Å². The average molecular weight is 370 g/mol. The number of nitrogen functional groups attached to an aromatic ring is 1. The number of nitrogens with zero attached hydrogens (tertiary/aromatic N) is 2. The Bertz CT molecular complexity index is 1160. The number of aromatic carboxylic acids is 1. The molecule has 6 heteroatoms. The molecule has 0 bridgehead atoms. The molecule has 0 saturated carbocycles. The lowest BCUT2D eigenvalue weighted by Gasteiger charge is -2.11. The summed E-state index contributed by atoms with van der Waals surface area (Å²) >= 11 is 0. The van der Waals surface area contributed by atoms with Crippen molar-refractivity contribution in [3.63, 3.8) is 0 Å². The summed E-state index contributed by atoms with van der Waals surface area (Å²) in [4.78, 5) is 19.9. The van der Waals surface area contributed by atoms with Crippen LogP contribution in [0.2, 0.25) is 0 Å². The number of benzene rings is 2. The Balaban J connectivity index is 1.55. The Labute approximate surface area is 161 Å². The average Bonchev–Trinajstić information content (AvgIpc) is 2.73. The van der Waals surface area contributed by atoms with Crippen LogP contribution in [0.5, 0.6) is 0 Å². The van der Waals surface area contributed by atoms with Crippen LogP contribution in [0.3, 0.4) is 0 Å². The lowest BCUT2D eigenvalue weighted by molar-refractivity contribution is 0.0697. The van der Waals surface area contributed by atoms with E-state index in [9.17, 15) is 4.79 Å². The van der Waals surface area contributed by atoms with Crippen LogP contribution in [-0.4, -0.2) is 21.0 Å². The fraction of sp³-hybridized carbons (Fsp3) is 0.0455. The van der Waals surface area contributed by atoms with Gasteiger partial charge in [-0.25, -0.2) is 9.78 Å². The van der Waals surface area contributed by atoms with E-state index in [-0.39, 0.29) is 5.56 Å². The van der Waals surface area contributed by atoms with Crippen LogP contribution in [-0.2, 0) is 6.54 Å². The van der Waals surface area contributed by atoms with Gasteiger partial charge in [0.1, 0.15) is 5.82 Å². The molecule has 2 aromatic carbocycles. The maximum Gasteiger partial charge on any atom is 0.335 e. The first kappa shape index (κ1) is 17.5. The highest BCUT2D eigenvalue weighted by molar-refractivity contribution is 5.88. The number of rotatable bonds is 5. The second-order valence-electron chi connectivity index (χ2n) is 6.40. The molecular formula is C22H18N4O2. The first-order valence-electron chi connectivity index (χ1n) is 8.78. The van der Waals surface area contributed by atoms with Crippen LogP contribution >= 0.6 is 0 Å². The minimum absolute atomic E-state index is 0.239. The van der Waals surface area contributed by atoms with Gasteiger partial charge >= 0.3 is 5.97 Å². The standard InChI is InChI=1S/C22H18N4O2/c23-18-8-10-20(15-4-6-16(7-5-15)22(27)28)26-21(18)25-13-14-3-9-19-17(12-14)2-1-11-24-19/h1-12H,13,23H2,(H,25,26)(H,27,28). The fourth-order valence-electron chi connectivity index (χ4n) is 2.98. The van der Waals surface area contributed by atoms with Gasteiger partial charge in [0.05, 0.1) is 22.5 Å². The van der Waals surface area contributed by atoms with E-state index in [0.717, 1.165) is 27.7 Å². The molecule has 4 N–H and O–H groups in total. The highest BCUT2D eigenvalue weighted by Gasteiger charge is 2.08. The number of nitrogens with one attached hydrogen (secondary N) is 1. The summed E-state index contributed by atoms with van der Waals surface area (Å²) < 4.78 is 0. The minimum atomic E-state index is -0.954. The summed E-state index contributed by atoms with van der Waals surface area (Å²) in [5.41, 5.74) is 10.5. The largest absolute Gasteiger partial charge is 0.478 e. The Morgan fingerprint density at radius 1 is 1.04 bits per heavy atom. The molecule has 0 spiro atoms. The minimum Gasteiger partial charge on any atom is -0.478 e. The zero-order valence-corrected chi connectivity index (χ0v) is 15.0. The van der Waals surface area contributed by atoms with Crippen molar-refractivity contribution in [2.75, 3.05) is 11.1 Å². The van der Waals surface area contributed by atoms with Crippen molar-refractivity contribution in [1.29, 1.82) is 0 Å². The van der Waals surface area contributed by atoms with Crippen molar-refractivity contribution in [2.24, 2.45) is 0 Å². The zero-order chi connectivity index (χ0) is 19.5. The van der Waals surface area contributed by atoms with Gasteiger partial charge in [0.15, 0.2) is 0 Å². The number of carbonyl (C=O) groups is 1. The van der Waals surface area contributed by atoms with Gasteiger partial charge in [-0.2, -0.15) is 0 Å². The van der Waals surface area contributed by atoms with Gasteiger partial charge in [-0.05, 0) is 48.0 Å². The molecule has 0 aliphatic heterocycles. The van der Waals surface area contributed by atoms with Crippen LogP contribution < -0.4 is 11.1 Å². The van der Waals surface area contributed by atoms with E-state index in [1.54, 1.807) is 36.5 Å². The molecular weight excluding hydrogens is 352 g/mol. The third-order valence-corrected chi connectivity index (χ3v) is 4.48. The molecule has 4 aromatic rings. The predicted molar refractivity (Wildman–Crippen MR) is 110 cm³/mol. The van der Waals surface area contributed by atoms with Gasteiger partial charge in [0.25, 0.3) is 0 Å². The molecule has 28 heavy (non-hydrogen) atoms. The van der Waals surface area contributed by atoms with E-state index in [1.165, 1.54) is 0 Å². The zero-order valence-electron chi connectivity index (χ0n) is 15.0. The normalized spacial score (nSPS) is 10.7. The number of hydrogen-bond donors (Lipinski definition) is 3. The molecule has 0 aliphatic carbocycles. The lowest BCUT2D eigenvalue weighted by atomic mass is 10.1. The van der Waals surface area contributed by atoms with E-state index >= 15 is 0 Å². The van der Waals surface area contributed by atoms with E-state index in [1.807, 2.05) is 30.3 Å². The number of anilines is 2. The van der Waals surface area contributed by atoms with E-state index < -0.39 is 5.97 Å². The molecule has 0 radical (unpaired) electrons. The maximum atomic E-state index is 11.0. The summed E-state index contributed by atoms with van der Waals surface area (Å²) in [6.07, 6.45) is 1.78. The molecule has 0 atom stereocenters. The van der Waals surface area contributed by atoms with Gasteiger partial charge in [0, 0.05) is 23.7 Å². The summed E-state index contributed by atoms with van der Waals surface area (Å²) in [7, 11) is 0. The highest BCUT2D eigenvalue weighted by Crippen LogP contribution is 2.24. The summed E-state index contributed by atoms with van der Waals surface area (Å²) in [6, 6.07) is 20.2. The summed E-state index contributed by atoms with van der Waals surface area (Å²) in [6.45, 7) is 0.573. The first-order chi connectivity index (χ1) is 13.6. The number of hydrogen-bond acceptors (Lipinski definition) is 5. The molecule has 138 valence electrons. The van der Waals surface area contributed by atoms with Gasteiger partial charge in [-0.15, -0.1) is 0 Å². The Kier molecular flexibility index (Phi) is 4.60. The monoisotopic (exact) mass is 370 g/mol. The van der Waals surface area contributed by atoms with Crippen molar-refractivity contribution < 1.29 is 9.90 Å². The molecule has 0 saturated heterocycles. The van der Waals surface area contributed by atoms with Crippen LogP contribution in [0.25, 0.3) is 22.2 Å². The van der Waals surface area contributed by atoms with Crippen LogP contribution in [0.1, 0.15) is 15.9 Å². The second-order valence-corrected chi connectivity index (χ2v) is 6.40. The summed E-state index contributed by atoms with van der Waals surface area (Å²) in [5.74, 6) is -0.365. The topological polar surface area (TPSA) is 101 Å². The Morgan fingerprint density at radius 3 is 2.64 bits per heavy atom. The van der Waals surface area contributed by atoms with Crippen molar-refractivity contribution in [1.82, 2.24) is 9.97 Å². The fourth-order valence-corrected chi connectivity index (χ4v) is 2.98. The van der Waals surface area contributed by atoms with Gasteiger partial charge < -0.3 is 16.2 Å². The molecule has 6 nitrogen and oxygen atoms in total. The molecule has 2 aromatic heterocycles. The van der Waals surface area contributed by atoms with E-state index in [2.05, 4.69) is 21.4 Å². The number of fused-ring (bicyclic) bond motifs is 1. The second kappa shape index (κ2) is 7.36. The van der Waals surface area contributed by atoms with Gasteiger partial charge in [-0.1, -0.05) is 24.3 Å². The Morgan fingerprint density at radius 2 is 1.86 bits per heavy atom. The highest BCUT2D eigenvalue weighted by atomic mass is 16.4. The SMILES string of the molecule is Nc1ccc(-c2ccc(C(=O)O)cc2)nc1NCc1ccc2ncccc2c1. The lowest BCUT2D eigenvalue weighted by Crippen LogP contribution is -2.05. The molecule has 4 rings (SSSR count). The smallest absolute Gasteiger partial charge is 0.335 e. The number of carboxylic acid groups (broad SMARTS) is 1. The van der Waals surface area contributed by atoms with Crippen LogP contribution in [0.4, 0.5) is 11.5 Å². The van der Waals surface area contributed by atoms with E-state index in [4.69, 9.17) is 10.8 Å². The van der Waals surface area contributed by atoms with Crippen molar-refractivity contribution in [3.8, 4) is 11.3 Å². The number of carboxylic acids is 1. The van der Waals surface area contributed by atoms with Crippen LogP contribution in [0.15, 0.2) is 72.9 Å². The number of aromatic nitrogens is 2. The number of nitrogens with two attached hydrogens (primary N) is 1. The van der Waals surface area contributed by atoms with Gasteiger partial charge in [0.2, 0.25) is 0 Å². The molecule has 0 fully saturated rings. The third kappa shape index (κ3) is 3.61. The van der Waals surface area contributed by atoms with E-state index in [0.29, 0.717) is 18.1 Å². The van der Waals surface area contributed by atoms with Gasteiger partial charge in [-0.3, -0.25) is 4.98 Å². The Hall–Kier alpha value is -3.93. The molecule has 0 amide bonds. The number of pyridine rings is 2. The van der Waals surface area contributed by atoms with Crippen LogP contribution in [0, 0.1) is 0 Å².